The van der Waals surface area contributed by atoms with Crippen molar-refractivity contribution in [3.8, 4) is 0 Å². The van der Waals surface area contributed by atoms with E-state index < -0.39 is 16.6 Å². The summed E-state index contributed by atoms with van der Waals surface area (Å²) >= 11 is 3.31. The van der Waals surface area contributed by atoms with E-state index in [-0.39, 0.29) is 11.4 Å². The Labute approximate surface area is 128 Å². The molecule has 0 unspecified atom stereocenters. The highest BCUT2D eigenvalue weighted by molar-refractivity contribution is 9.10. The number of nitro groups is 1. The van der Waals surface area contributed by atoms with Crippen LogP contribution in [-0.2, 0) is 0 Å². The fraction of sp³-hybridized carbons (Fsp3) is 0.0714. The normalized spacial score (nSPS) is 10.2. The number of hydrogen-bond donors (Lipinski definition) is 1. The summed E-state index contributed by atoms with van der Waals surface area (Å²) in [6.45, 7) is 1.76. The number of carbonyl (C=O) groups is 1. The summed E-state index contributed by atoms with van der Waals surface area (Å²) in [5.41, 5.74) is 0.633. The molecule has 0 bridgehead atoms. The topological polar surface area (TPSA) is 72.2 Å². The van der Waals surface area contributed by atoms with Crippen LogP contribution >= 0.6 is 15.9 Å². The number of nitro benzene ring substituents is 1. The summed E-state index contributed by atoms with van der Waals surface area (Å²) in [6.07, 6.45) is 0. The molecule has 2 aromatic carbocycles. The van der Waals surface area contributed by atoms with E-state index in [1.54, 1.807) is 25.1 Å². The zero-order valence-electron chi connectivity index (χ0n) is 10.9. The summed E-state index contributed by atoms with van der Waals surface area (Å²) in [5.74, 6) is -1.34. The van der Waals surface area contributed by atoms with E-state index in [1.807, 2.05) is 0 Å². The van der Waals surface area contributed by atoms with Gasteiger partial charge in [0.15, 0.2) is 5.82 Å². The van der Waals surface area contributed by atoms with Crippen LogP contribution < -0.4 is 5.32 Å². The van der Waals surface area contributed by atoms with Gasteiger partial charge in [0.1, 0.15) is 0 Å². The smallest absolute Gasteiger partial charge is 0.272 e. The molecule has 0 aromatic heterocycles. The molecule has 21 heavy (non-hydrogen) atoms. The lowest BCUT2D eigenvalue weighted by atomic mass is 10.1. The average Bonchev–Trinajstić information content (AvgIpc) is 2.43. The fourth-order valence-electron chi connectivity index (χ4n) is 1.76. The zero-order chi connectivity index (χ0) is 15.6. The van der Waals surface area contributed by atoms with Crippen molar-refractivity contribution in [2.24, 2.45) is 0 Å². The number of hydrogen-bond acceptors (Lipinski definition) is 3. The molecule has 0 radical (unpaired) electrons. The van der Waals surface area contributed by atoms with Gasteiger partial charge in [-0.3, -0.25) is 14.9 Å². The summed E-state index contributed by atoms with van der Waals surface area (Å²) in [7, 11) is 0. The molecule has 0 saturated carbocycles. The summed E-state index contributed by atoms with van der Waals surface area (Å²) in [4.78, 5) is 22.0. The van der Waals surface area contributed by atoms with Crippen molar-refractivity contribution in [1.29, 1.82) is 0 Å². The van der Waals surface area contributed by atoms with Crippen LogP contribution in [0, 0.1) is 22.9 Å². The lowest BCUT2D eigenvalue weighted by molar-refractivity contribution is -0.385. The summed E-state index contributed by atoms with van der Waals surface area (Å²) < 4.78 is 14.5. The first-order valence-electron chi connectivity index (χ1n) is 5.90. The average molecular weight is 353 g/mol. The minimum Gasteiger partial charge on any atom is -0.319 e. The largest absolute Gasteiger partial charge is 0.319 e. The van der Waals surface area contributed by atoms with Gasteiger partial charge in [-0.2, -0.15) is 0 Å². The molecule has 0 saturated heterocycles. The third-order valence-corrected chi connectivity index (χ3v) is 3.78. The van der Waals surface area contributed by atoms with Gasteiger partial charge in [0.2, 0.25) is 0 Å². The van der Waals surface area contributed by atoms with E-state index in [9.17, 15) is 19.3 Å². The predicted molar refractivity (Wildman–Crippen MR) is 79.9 cm³/mol. The van der Waals surface area contributed by atoms with Crippen molar-refractivity contribution >= 4 is 33.2 Å². The SMILES string of the molecule is Cc1c(Br)cccc1C(=O)Nc1ccc([N+](=O)[O-])cc1F. The van der Waals surface area contributed by atoms with Crippen LogP contribution in [-0.4, -0.2) is 10.8 Å². The Kier molecular flexibility index (Phi) is 4.32. The van der Waals surface area contributed by atoms with E-state index in [0.717, 1.165) is 22.2 Å². The van der Waals surface area contributed by atoms with Gasteiger partial charge in [0, 0.05) is 16.1 Å². The van der Waals surface area contributed by atoms with Crippen molar-refractivity contribution in [1.82, 2.24) is 0 Å². The molecule has 0 aliphatic rings. The van der Waals surface area contributed by atoms with Crippen LogP contribution in [0.3, 0.4) is 0 Å². The maximum Gasteiger partial charge on any atom is 0.272 e. The lowest BCUT2D eigenvalue weighted by Gasteiger charge is -2.09. The molecular formula is C14H10BrFN2O3. The molecule has 0 aliphatic carbocycles. The van der Waals surface area contributed by atoms with Crippen LogP contribution in [0.2, 0.25) is 0 Å². The molecule has 0 atom stereocenters. The monoisotopic (exact) mass is 352 g/mol. The Morgan fingerprint density at radius 1 is 1.33 bits per heavy atom. The Balaban J connectivity index is 2.28. The minimum atomic E-state index is -0.856. The molecule has 0 aliphatic heterocycles. The molecule has 7 heteroatoms. The van der Waals surface area contributed by atoms with Crippen LogP contribution in [0.25, 0.3) is 0 Å². The Morgan fingerprint density at radius 3 is 2.67 bits per heavy atom. The van der Waals surface area contributed by atoms with Gasteiger partial charge in [0.25, 0.3) is 11.6 Å². The number of anilines is 1. The van der Waals surface area contributed by atoms with Crippen LogP contribution in [0.5, 0.6) is 0 Å². The minimum absolute atomic E-state index is 0.107. The number of rotatable bonds is 3. The van der Waals surface area contributed by atoms with Crippen LogP contribution in [0.15, 0.2) is 40.9 Å². The number of nitrogens with one attached hydrogen (secondary N) is 1. The Hall–Kier alpha value is -2.28. The van der Waals surface area contributed by atoms with Crippen molar-refractivity contribution in [2.45, 2.75) is 6.92 Å². The fourth-order valence-corrected chi connectivity index (χ4v) is 2.13. The third-order valence-electron chi connectivity index (χ3n) is 2.92. The van der Waals surface area contributed by atoms with Crippen molar-refractivity contribution in [2.75, 3.05) is 5.32 Å². The van der Waals surface area contributed by atoms with Crippen molar-refractivity contribution in [3.05, 3.63) is 67.9 Å². The van der Waals surface area contributed by atoms with Gasteiger partial charge in [-0.15, -0.1) is 0 Å². The second-order valence-corrected chi connectivity index (χ2v) is 5.14. The molecule has 5 nitrogen and oxygen atoms in total. The van der Waals surface area contributed by atoms with Crippen molar-refractivity contribution < 1.29 is 14.1 Å². The van der Waals surface area contributed by atoms with Crippen molar-refractivity contribution in [3.63, 3.8) is 0 Å². The van der Waals surface area contributed by atoms with Crippen LogP contribution in [0.1, 0.15) is 15.9 Å². The third kappa shape index (κ3) is 3.25. The van der Waals surface area contributed by atoms with Gasteiger partial charge in [-0.25, -0.2) is 4.39 Å². The lowest BCUT2D eigenvalue weighted by Crippen LogP contribution is -2.14. The van der Waals surface area contributed by atoms with Gasteiger partial charge in [-0.1, -0.05) is 22.0 Å². The molecule has 108 valence electrons. The molecule has 1 amide bonds. The highest BCUT2D eigenvalue weighted by Crippen LogP contribution is 2.23. The van der Waals surface area contributed by atoms with Crippen LogP contribution in [0.4, 0.5) is 15.8 Å². The maximum absolute atomic E-state index is 13.7. The molecule has 2 rings (SSSR count). The number of carbonyl (C=O) groups excluding carboxylic acids is 1. The molecular weight excluding hydrogens is 343 g/mol. The predicted octanol–water partition coefficient (Wildman–Crippen LogP) is 4.06. The number of nitrogens with zero attached hydrogens (tertiary/aromatic N) is 1. The Bertz CT molecular complexity index is 734. The second-order valence-electron chi connectivity index (χ2n) is 4.29. The van der Waals surface area contributed by atoms with E-state index in [2.05, 4.69) is 21.2 Å². The van der Waals surface area contributed by atoms with Gasteiger partial charge in [-0.05, 0) is 30.7 Å². The summed E-state index contributed by atoms with van der Waals surface area (Å²) in [6, 6.07) is 8.16. The zero-order valence-corrected chi connectivity index (χ0v) is 12.5. The number of benzene rings is 2. The van der Waals surface area contributed by atoms with E-state index >= 15 is 0 Å². The maximum atomic E-state index is 13.7. The first-order valence-corrected chi connectivity index (χ1v) is 6.70. The second kappa shape index (κ2) is 6.01. The quantitative estimate of drug-likeness (QED) is 0.668. The first kappa shape index (κ1) is 15.1. The number of amides is 1. The summed E-state index contributed by atoms with van der Waals surface area (Å²) in [5, 5.41) is 12.9. The number of halogens is 2. The molecule has 0 heterocycles. The van der Waals surface area contributed by atoms with Gasteiger partial charge >= 0.3 is 0 Å². The standard InChI is InChI=1S/C14H10BrFN2O3/c1-8-10(3-2-4-11(8)15)14(19)17-13-6-5-9(18(20)21)7-12(13)16/h2-7H,1H3,(H,17,19). The van der Waals surface area contributed by atoms with E-state index in [1.165, 1.54) is 6.07 Å². The number of non-ortho nitro benzene ring substituents is 1. The molecule has 1 N–H and O–H groups in total. The first-order chi connectivity index (χ1) is 9.90. The van der Waals surface area contributed by atoms with Gasteiger partial charge < -0.3 is 5.32 Å². The Morgan fingerprint density at radius 2 is 2.05 bits per heavy atom. The molecule has 0 spiro atoms. The van der Waals surface area contributed by atoms with E-state index in [0.29, 0.717) is 5.56 Å². The molecule has 2 aromatic rings. The molecule has 0 fully saturated rings. The highest BCUT2D eigenvalue weighted by atomic mass is 79.9. The van der Waals surface area contributed by atoms with Gasteiger partial charge in [0.05, 0.1) is 16.7 Å². The van der Waals surface area contributed by atoms with E-state index in [4.69, 9.17) is 0 Å². The highest BCUT2D eigenvalue weighted by Gasteiger charge is 2.15.